The highest BCUT2D eigenvalue weighted by Gasteiger charge is 2.11. The van der Waals surface area contributed by atoms with Crippen molar-refractivity contribution in [3.8, 4) is 11.5 Å². The number of hydrogen-bond donors (Lipinski definition) is 1. The maximum atomic E-state index is 10.9. The predicted molar refractivity (Wildman–Crippen MR) is 62.1 cm³/mol. The normalized spacial score (nSPS) is 10.9. The molecule has 0 aliphatic rings. The third kappa shape index (κ3) is 1.53. The first kappa shape index (κ1) is 10.5. The average Bonchev–Trinajstić information content (AvgIpc) is 2.92. The van der Waals surface area contributed by atoms with Crippen LogP contribution in [0.15, 0.2) is 30.6 Å². The van der Waals surface area contributed by atoms with Crippen molar-refractivity contribution >= 4 is 11.6 Å². The molecule has 3 aromatic heterocycles. The topological polar surface area (TPSA) is 85.3 Å². The molecule has 7 nitrogen and oxygen atoms in total. The summed E-state index contributed by atoms with van der Waals surface area (Å²) >= 11 is 0. The predicted octanol–water partition coefficient (Wildman–Crippen LogP) is 0.828. The van der Waals surface area contributed by atoms with E-state index in [0.29, 0.717) is 11.5 Å². The Hall–Kier alpha value is -2.70. The first-order valence-electron chi connectivity index (χ1n) is 5.23. The Bertz CT molecular complexity index is 743. The van der Waals surface area contributed by atoms with Gasteiger partial charge in [0.1, 0.15) is 5.69 Å². The maximum Gasteiger partial charge on any atom is 0.337 e. The lowest BCUT2D eigenvalue weighted by atomic mass is 10.3. The third-order valence-corrected chi connectivity index (χ3v) is 2.63. The third-order valence-electron chi connectivity index (χ3n) is 2.63. The zero-order valence-electron chi connectivity index (χ0n) is 9.48. The van der Waals surface area contributed by atoms with Gasteiger partial charge in [-0.3, -0.25) is 4.68 Å². The molecule has 3 rings (SSSR count). The number of carboxylic acid groups (broad SMARTS) is 1. The fourth-order valence-corrected chi connectivity index (χ4v) is 1.71. The summed E-state index contributed by atoms with van der Waals surface area (Å²) in [7, 11) is 1.80. The molecule has 0 aliphatic heterocycles. The van der Waals surface area contributed by atoms with Crippen LogP contribution in [-0.2, 0) is 7.05 Å². The number of aryl methyl sites for hydroxylation is 1. The number of fused-ring (bicyclic) bond motifs is 1. The van der Waals surface area contributed by atoms with Crippen LogP contribution in [0.4, 0.5) is 0 Å². The molecule has 3 heterocycles. The summed E-state index contributed by atoms with van der Waals surface area (Å²) in [5, 5.41) is 17.2. The Morgan fingerprint density at radius 2 is 2.17 bits per heavy atom. The van der Waals surface area contributed by atoms with Crippen molar-refractivity contribution in [2.75, 3.05) is 0 Å². The van der Waals surface area contributed by atoms with Crippen molar-refractivity contribution in [2.45, 2.75) is 0 Å². The molecule has 90 valence electrons. The van der Waals surface area contributed by atoms with Crippen LogP contribution in [0.5, 0.6) is 0 Å². The van der Waals surface area contributed by atoms with E-state index in [0.717, 1.165) is 5.69 Å². The van der Waals surface area contributed by atoms with E-state index < -0.39 is 5.97 Å². The van der Waals surface area contributed by atoms with Crippen molar-refractivity contribution in [1.82, 2.24) is 24.4 Å². The van der Waals surface area contributed by atoms with Gasteiger partial charge in [0, 0.05) is 19.4 Å². The molecular weight excluding hydrogens is 234 g/mol. The smallest absolute Gasteiger partial charge is 0.337 e. The Balaban J connectivity index is 2.17. The van der Waals surface area contributed by atoms with Gasteiger partial charge in [-0.25, -0.2) is 14.3 Å². The van der Waals surface area contributed by atoms with Gasteiger partial charge in [0.15, 0.2) is 11.5 Å². The second-order valence-corrected chi connectivity index (χ2v) is 3.80. The molecule has 7 heteroatoms. The Morgan fingerprint density at radius 3 is 2.83 bits per heavy atom. The molecule has 3 aromatic rings. The molecule has 0 aromatic carbocycles. The molecular formula is C11H9N5O2. The minimum atomic E-state index is -0.991. The van der Waals surface area contributed by atoms with E-state index in [1.54, 1.807) is 30.1 Å². The molecule has 0 aliphatic carbocycles. The maximum absolute atomic E-state index is 10.9. The van der Waals surface area contributed by atoms with Crippen LogP contribution in [0.2, 0.25) is 0 Å². The van der Waals surface area contributed by atoms with E-state index in [1.165, 1.54) is 16.8 Å². The first-order valence-corrected chi connectivity index (χ1v) is 5.23. The van der Waals surface area contributed by atoms with Gasteiger partial charge in [0.2, 0.25) is 0 Å². The number of pyridine rings is 1. The molecule has 0 unspecified atom stereocenters. The quantitative estimate of drug-likeness (QED) is 0.720. The number of carbonyl (C=O) groups is 1. The molecule has 0 amide bonds. The van der Waals surface area contributed by atoms with Crippen LogP contribution >= 0.6 is 0 Å². The molecule has 0 radical (unpaired) electrons. The lowest BCUT2D eigenvalue weighted by molar-refractivity contribution is 0.0696. The molecule has 1 N–H and O–H groups in total. The largest absolute Gasteiger partial charge is 0.478 e. The van der Waals surface area contributed by atoms with Gasteiger partial charge in [-0.1, -0.05) is 0 Å². The number of rotatable bonds is 2. The van der Waals surface area contributed by atoms with Crippen LogP contribution in [0, 0.1) is 0 Å². The molecule has 0 fully saturated rings. The van der Waals surface area contributed by atoms with Crippen molar-refractivity contribution in [3.63, 3.8) is 0 Å². The number of hydrogen-bond acceptors (Lipinski definition) is 4. The van der Waals surface area contributed by atoms with Crippen molar-refractivity contribution in [1.29, 1.82) is 0 Å². The summed E-state index contributed by atoms with van der Waals surface area (Å²) in [6.07, 6.45) is 3.09. The van der Waals surface area contributed by atoms with Gasteiger partial charge in [-0.15, -0.1) is 5.10 Å². The van der Waals surface area contributed by atoms with Gasteiger partial charge in [-0.2, -0.15) is 5.10 Å². The lowest BCUT2D eigenvalue weighted by Gasteiger charge is -1.94. The SMILES string of the molecule is Cn1nccc1-c1nc2ccc(C(=O)O)cn2n1. The van der Waals surface area contributed by atoms with E-state index in [1.807, 2.05) is 0 Å². The Morgan fingerprint density at radius 1 is 1.33 bits per heavy atom. The van der Waals surface area contributed by atoms with Gasteiger partial charge < -0.3 is 5.11 Å². The number of carboxylic acids is 1. The lowest BCUT2D eigenvalue weighted by Crippen LogP contribution is -1.99. The van der Waals surface area contributed by atoms with Gasteiger partial charge in [-0.05, 0) is 18.2 Å². The zero-order valence-corrected chi connectivity index (χ0v) is 9.48. The minimum absolute atomic E-state index is 0.170. The molecule has 0 bridgehead atoms. The summed E-state index contributed by atoms with van der Waals surface area (Å²) < 4.78 is 3.11. The Kier molecular flexibility index (Phi) is 2.12. The van der Waals surface area contributed by atoms with Crippen molar-refractivity contribution < 1.29 is 9.90 Å². The molecule has 0 atom stereocenters. The zero-order chi connectivity index (χ0) is 12.7. The number of nitrogens with zero attached hydrogens (tertiary/aromatic N) is 5. The van der Waals surface area contributed by atoms with Crippen LogP contribution in [0.1, 0.15) is 10.4 Å². The fourth-order valence-electron chi connectivity index (χ4n) is 1.71. The average molecular weight is 243 g/mol. The first-order chi connectivity index (χ1) is 8.65. The summed E-state index contributed by atoms with van der Waals surface area (Å²) in [6, 6.07) is 4.92. The van der Waals surface area contributed by atoms with Crippen LogP contribution < -0.4 is 0 Å². The summed E-state index contributed by atoms with van der Waals surface area (Å²) in [5.74, 6) is -0.480. The second kappa shape index (κ2) is 3.66. The van der Waals surface area contributed by atoms with E-state index in [4.69, 9.17) is 5.11 Å². The molecule has 0 saturated heterocycles. The van der Waals surface area contributed by atoms with E-state index >= 15 is 0 Å². The van der Waals surface area contributed by atoms with Crippen molar-refractivity contribution in [2.24, 2.45) is 7.05 Å². The summed E-state index contributed by atoms with van der Waals surface area (Å²) in [5.41, 5.74) is 1.54. The van der Waals surface area contributed by atoms with Crippen LogP contribution in [0.3, 0.4) is 0 Å². The van der Waals surface area contributed by atoms with E-state index in [-0.39, 0.29) is 5.56 Å². The van der Waals surface area contributed by atoms with Gasteiger partial charge >= 0.3 is 5.97 Å². The molecule has 18 heavy (non-hydrogen) atoms. The monoisotopic (exact) mass is 243 g/mol. The highest BCUT2D eigenvalue weighted by Crippen LogP contribution is 2.15. The van der Waals surface area contributed by atoms with E-state index in [9.17, 15) is 4.79 Å². The van der Waals surface area contributed by atoms with E-state index in [2.05, 4.69) is 15.2 Å². The van der Waals surface area contributed by atoms with Gasteiger partial charge in [0.25, 0.3) is 0 Å². The fraction of sp³-hybridized carbons (Fsp3) is 0.0909. The second-order valence-electron chi connectivity index (χ2n) is 3.80. The Labute approximate surface area is 101 Å². The molecule has 0 spiro atoms. The van der Waals surface area contributed by atoms with Gasteiger partial charge in [0.05, 0.1) is 5.56 Å². The minimum Gasteiger partial charge on any atom is -0.478 e. The highest BCUT2D eigenvalue weighted by atomic mass is 16.4. The molecule has 0 saturated carbocycles. The highest BCUT2D eigenvalue weighted by molar-refractivity contribution is 5.87. The number of aromatic nitrogens is 5. The van der Waals surface area contributed by atoms with Crippen LogP contribution in [0.25, 0.3) is 17.2 Å². The summed E-state index contributed by atoms with van der Waals surface area (Å²) in [4.78, 5) is 15.2. The number of aromatic carboxylic acids is 1. The van der Waals surface area contributed by atoms with Crippen LogP contribution in [-0.4, -0.2) is 35.5 Å². The van der Waals surface area contributed by atoms with Crippen molar-refractivity contribution in [3.05, 3.63) is 36.2 Å². The standard InChI is InChI=1S/C11H9N5O2/c1-15-8(4-5-12-15)10-13-9-3-2-7(11(17)18)6-16(9)14-10/h2-6H,1H3,(H,17,18). The summed E-state index contributed by atoms with van der Waals surface area (Å²) in [6.45, 7) is 0.